The summed E-state index contributed by atoms with van der Waals surface area (Å²) in [6.45, 7) is 7.86. The first-order valence-electron chi connectivity index (χ1n) is 4.61. The molecular weight excluding hydrogens is 174 g/mol. The van der Waals surface area contributed by atoms with Gasteiger partial charge in [-0.3, -0.25) is 0 Å². The van der Waals surface area contributed by atoms with E-state index in [0.717, 1.165) is 38.6 Å². The number of hydrogen-bond donors (Lipinski definition) is 1. The van der Waals surface area contributed by atoms with Gasteiger partial charge in [-0.15, -0.1) is 11.6 Å². The molecule has 0 rings (SSSR count). The fourth-order valence-electron chi connectivity index (χ4n) is 0.757. The quantitative estimate of drug-likeness (QED) is 0.470. The minimum atomic E-state index is 0.673. The largest absolute Gasteiger partial charge is 0.380 e. The molecule has 12 heavy (non-hydrogen) atoms. The van der Waals surface area contributed by atoms with E-state index in [2.05, 4.69) is 19.2 Å². The van der Waals surface area contributed by atoms with Crippen LogP contribution in [0.1, 0.15) is 20.3 Å². The number of alkyl halides is 1. The second kappa shape index (κ2) is 9.30. The highest BCUT2D eigenvalue weighted by molar-refractivity contribution is 6.18. The van der Waals surface area contributed by atoms with Crippen LogP contribution in [0.5, 0.6) is 0 Å². The third-order valence-corrected chi connectivity index (χ3v) is 1.72. The summed E-state index contributed by atoms with van der Waals surface area (Å²) in [6, 6.07) is 0. The maximum atomic E-state index is 5.48. The first kappa shape index (κ1) is 12.2. The molecule has 74 valence electrons. The molecular formula is C9H20ClNO. The topological polar surface area (TPSA) is 21.3 Å². The number of nitrogens with one attached hydrogen (secondary N) is 1. The Balaban J connectivity index is 2.82. The van der Waals surface area contributed by atoms with Gasteiger partial charge in [0.25, 0.3) is 0 Å². The zero-order valence-electron chi connectivity index (χ0n) is 8.11. The van der Waals surface area contributed by atoms with Crippen molar-refractivity contribution in [3.8, 4) is 0 Å². The number of rotatable bonds is 8. The first-order chi connectivity index (χ1) is 5.77. The standard InChI is InChI=1S/C9H20ClNO/c1-9(2)3-7-12-8-6-11-5-4-10/h9,11H,3-8H2,1-2H3. The molecule has 0 saturated carbocycles. The number of hydrogen-bond acceptors (Lipinski definition) is 2. The molecule has 0 radical (unpaired) electrons. The summed E-state index contributed by atoms with van der Waals surface area (Å²) in [5, 5.41) is 3.17. The summed E-state index contributed by atoms with van der Waals surface area (Å²) in [4.78, 5) is 0. The van der Waals surface area contributed by atoms with Crippen molar-refractivity contribution in [2.45, 2.75) is 20.3 Å². The molecule has 3 heteroatoms. The molecule has 0 aliphatic rings. The molecule has 0 heterocycles. The molecule has 2 nitrogen and oxygen atoms in total. The van der Waals surface area contributed by atoms with E-state index in [4.69, 9.17) is 16.3 Å². The molecule has 0 fully saturated rings. The Labute approximate surface area is 80.6 Å². The molecule has 0 saturated heterocycles. The average Bonchev–Trinajstić information content (AvgIpc) is 2.02. The third kappa shape index (κ3) is 10.2. The lowest BCUT2D eigenvalue weighted by atomic mass is 10.1. The Morgan fingerprint density at radius 1 is 1.25 bits per heavy atom. The van der Waals surface area contributed by atoms with E-state index < -0.39 is 0 Å². The maximum absolute atomic E-state index is 5.48. The van der Waals surface area contributed by atoms with Gasteiger partial charge in [0.2, 0.25) is 0 Å². The van der Waals surface area contributed by atoms with Crippen LogP contribution in [-0.4, -0.2) is 32.2 Å². The van der Waals surface area contributed by atoms with Gasteiger partial charge in [-0.05, 0) is 12.3 Å². The van der Waals surface area contributed by atoms with E-state index in [1.807, 2.05) is 0 Å². The molecule has 0 amide bonds. The molecule has 0 aliphatic carbocycles. The first-order valence-corrected chi connectivity index (χ1v) is 5.15. The van der Waals surface area contributed by atoms with E-state index in [9.17, 15) is 0 Å². The second-order valence-electron chi connectivity index (χ2n) is 3.23. The Hall–Kier alpha value is 0.210. The molecule has 0 atom stereocenters. The highest BCUT2D eigenvalue weighted by Gasteiger charge is 1.93. The summed E-state index contributed by atoms with van der Waals surface area (Å²) >= 11 is 5.48. The smallest absolute Gasteiger partial charge is 0.0590 e. The van der Waals surface area contributed by atoms with Crippen LogP contribution >= 0.6 is 11.6 Å². The van der Waals surface area contributed by atoms with Crippen LogP contribution in [-0.2, 0) is 4.74 Å². The van der Waals surface area contributed by atoms with Crippen molar-refractivity contribution in [1.82, 2.24) is 5.32 Å². The highest BCUT2D eigenvalue weighted by Crippen LogP contribution is 1.97. The van der Waals surface area contributed by atoms with Crippen LogP contribution in [0.3, 0.4) is 0 Å². The summed E-state index contributed by atoms with van der Waals surface area (Å²) in [5.41, 5.74) is 0. The van der Waals surface area contributed by atoms with Crippen molar-refractivity contribution in [1.29, 1.82) is 0 Å². The van der Waals surface area contributed by atoms with Gasteiger partial charge in [0.15, 0.2) is 0 Å². The van der Waals surface area contributed by atoms with Crippen LogP contribution in [0.15, 0.2) is 0 Å². The summed E-state index contributed by atoms with van der Waals surface area (Å²) in [5.74, 6) is 1.41. The van der Waals surface area contributed by atoms with E-state index >= 15 is 0 Å². The molecule has 0 spiro atoms. The van der Waals surface area contributed by atoms with Crippen molar-refractivity contribution in [3.63, 3.8) is 0 Å². The second-order valence-corrected chi connectivity index (χ2v) is 3.61. The molecule has 0 aliphatic heterocycles. The van der Waals surface area contributed by atoms with Crippen LogP contribution in [0, 0.1) is 5.92 Å². The lowest BCUT2D eigenvalue weighted by Crippen LogP contribution is -2.22. The predicted molar refractivity (Wildman–Crippen MR) is 53.9 cm³/mol. The lowest BCUT2D eigenvalue weighted by Gasteiger charge is -2.06. The predicted octanol–water partition coefficient (Wildman–Crippen LogP) is 1.88. The highest BCUT2D eigenvalue weighted by atomic mass is 35.5. The van der Waals surface area contributed by atoms with Crippen molar-refractivity contribution in [3.05, 3.63) is 0 Å². The van der Waals surface area contributed by atoms with Crippen LogP contribution in [0.2, 0.25) is 0 Å². The zero-order chi connectivity index (χ0) is 9.23. The fourth-order valence-corrected chi connectivity index (χ4v) is 0.891. The van der Waals surface area contributed by atoms with Gasteiger partial charge in [0.1, 0.15) is 0 Å². The average molecular weight is 194 g/mol. The van der Waals surface area contributed by atoms with Crippen molar-refractivity contribution >= 4 is 11.6 Å². The van der Waals surface area contributed by atoms with Crippen LogP contribution in [0.4, 0.5) is 0 Å². The molecule has 0 aromatic carbocycles. The molecule has 1 N–H and O–H groups in total. The Bertz CT molecular complexity index is 88.6. The lowest BCUT2D eigenvalue weighted by molar-refractivity contribution is 0.125. The van der Waals surface area contributed by atoms with Gasteiger partial charge in [0.05, 0.1) is 6.61 Å². The number of halogens is 1. The van der Waals surface area contributed by atoms with Crippen molar-refractivity contribution < 1.29 is 4.74 Å². The number of ether oxygens (including phenoxy) is 1. The van der Waals surface area contributed by atoms with E-state index in [1.165, 1.54) is 0 Å². The molecule has 0 aromatic rings. The van der Waals surface area contributed by atoms with Gasteiger partial charge in [-0.1, -0.05) is 13.8 Å². The summed E-state index contributed by atoms with van der Waals surface area (Å²) in [6.07, 6.45) is 1.15. The normalized spacial score (nSPS) is 11.0. The summed E-state index contributed by atoms with van der Waals surface area (Å²) in [7, 11) is 0. The maximum Gasteiger partial charge on any atom is 0.0590 e. The Morgan fingerprint density at radius 2 is 2.00 bits per heavy atom. The van der Waals surface area contributed by atoms with Crippen molar-refractivity contribution in [2.75, 3.05) is 32.2 Å². The SMILES string of the molecule is CC(C)CCOCCNCCCl. The van der Waals surface area contributed by atoms with Gasteiger partial charge in [-0.25, -0.2) is 0 Å². The minimum absolute atomic E-state index is 0.673. The Morgan fingerprint density at radius 3 is 2.58 bits per heavy atom. The minimum Gasteiger partial charge on any atom is -0.380 e. The third-order valence-electron chi connectivity index (χ3n) is 1.53. The van der Waals surface area contributed by atoms with Gasteiger partial charge < -0.3 is 10.1 Å². The zero-order valence-corrected chi connectivity index (χ0v) is 8.86. The molecule has 0 bridgehead atoms. The van der Waals surface area contributed by atoms with Crippen LogP contribution < -0.4 is 5.32 Å². The fraction of sp³-hybridized carbons (Fsp3) is 1.00. The van der Waals surface area contributed by atoms with E-state index in [-0.39, 0.29) is 0 Å². The van der Waals surface area contributed by atoms with E-state index in [1.54, 1.807) is 0 Å². The summed E-state index contributed by atoms with van der Waals surface area (Å²) < 4.78 is 5.39. The van der Waals surface area contributed by atoms with Gasteiger partial charge in [0, 0.05) is 25.6 Å². The monoisotopic (exact) mass is 193 g/mol. The Kier molecular flexibility index (Phi) is 9.46. The van der Waals surface area contributed by atoms with Crippen LogP contribution in [0.25, 0.3) is 0 Å². The molecule has 0 unspecified atom stereocenters. The van der Waals surface area contributed by atoms with Crippen molar-refractivity contribution in [2.24, 2.45) is 5.92 Å². The molecule has 0 aromatic heterocycles. The van der Waals surface area contributed by atoms with E-state index in [0.29, 0.717) is 5.88 Å². The van der Waals surface area contributed by atoms with Gasteiger partial charge in [-0.2, -0.15) is 0 Å². The van der Waals surface area contributed by atoms with Gasteiger partial charge >= 0.3 is 0 Å².